The number of aryl methyl sites for hydroxylation is 1. The Bertz CT molecular complexity index is 1020. The van der Waals surface area contributed by atoms with Crippen LogP contribution in [0.15, 0.2) is 65.5 Å². The van der Waals surface area contributed by atoms with E-state index >= 15 is 0 Å². The molecule has 27 heavy (non-hydrogen) atoms. The maximum atomic E-state index is 12.2. The lowest BCUT2D eigenvalue weighted by Crippen LogP contribution is -2.23. The number of hydrogen-bond donors (Lipinski definition) is 1. The van der Waals surface area contributed by atoms with Gasteiger partial charge in [0.15, 0.2) is 5.65 Å². The first-order chi connectivity index (χ1) is 13.3. The lowest BCUT2D eigenvalue weighted by Gasteiger charge is -2.09. The van der Waals surface area contributed by atoms with Crippen molar-refractivity contribution >= 4 is 28.4 Å². The molecule has 0 aliphatic heterocycles. The summed E-state index contributed by atoms with van der Waals surface area (Å²) in [6.45, 7) is 1.27. The third-order valence-corrected chi connectivity index (χ3v) is 5.14. The average molecular weight is 376 g/mol. The van der Waals surface area contributed by atoms with Crippen molar-refractivity contribution < 1.29 is 4.79 Å². The van der Waals surface area contributed by atoms with Gasteiger partial charge >= 0.3 is 0 Å². The molecule has 0 saturated carbocycles. The van der Waals surface area contributed by atoms with E-state index in [1.807, 2.05) is 47.2 Å². The molecule has 0 spiro atoms. The molecule has 136 valence electrons. The number of carbonyl (C=O) groups excluding carboxylic acids is 1. The molecule has 4 aromatic rings. The lowest BCUT2D eigenvalue weighted by molar-refractivity contribution is -0.121. The number of nitrogens with zero attached hydrogens (tertiary/aromatic N) is 3. The second-order valence-corrected chi connectivity index (χ2v) is 7.13. The number of rotatable bonds is 7. The third-order valence-electron chi connectivity index (χ3n) is 4.41. The van der Waals surface area contributed by atoms with Gasteiger partial charge in [0.25, 0.3) is 0 Å². The second-order valence-electron chi connectivity index (χ2n) is 6.35. The number of benzene rings is 1. The summed E-state index contributed by atoms with van der Waals surface area (Å²) in [5.74, 6) is 0.922. The predicted octanol–water partition coefficient (Wildman–Crippen LogP) is 3.79. The Morgan fingerprint density at radius 1 is 1.07 bits per heavy atom. The van der Waals surface area contributed by atoms with Crippen molar-refractivity contribution in [3.63, 3.8) is 0 Å². The van der Waals surface area contributed by atoms with Gasteiger partial charge in [0.05, 0.1) is 6.54 Å². The fraction of sp³-hybridized carbons (Fsp3) is 0.190. The maximum absolute atomic E-state index is 12.2. The van der Waals surface area contributed by atoms with Crippen LogP contribution in [-0.2, 0) is 24.3 Å². The number of nitrogens with one attached hydrogen (secondary N) is 1. The summed E-state index contributed by atoms with van der Waals surface area (Å²) >= 11 is 1.64. The van der Waals surface area contributed by atoms with E-state index < -0.39 is 0 Å². The van der Waals surface area contributed by atoms with Crippen LogP contribution in [-0.4, -0.2) is 20.4 Å². The summed E-state index contributed by atoms with van der Waals surface area (Å²) in [4.78, 5) is 21.4. The Kier molecular flexibility index (Phi) is 5.25. The highest BCUT2D eigenvalue weighted by atomic mass is 32.1. The zero-order valence-electron chi connectivity index (χ0n) is 14.8. The van der Waals surface area contributed by atoms with E-state index in [9.17, 15) is 4.79 Å². The summed E-state index contributed by atoms with van der Waals surface area (Å²) in [5, 5.41) is 7.03. The number of carbonyl (C=O) groups is 1. The topological polar surface area (TPSA) is 59.8 Å². The molecular formula is C21H20N4OS. The third kappa shape index (κ3) is 4.23. The van der Waals surface area contributed by atoms with E-state index in [4.69, 9.17) is 4.98 Å². The first-order valence-electron chi connectivity index (χ1n) is 8.91. The molecule has 5 nitrogen and oxygen atoms in total. The Hall–Kier alpha value is -2.99. The van der Waals surface area contributed by atoms with Crippen LogP contribution in [0.25, 0.3) is 11.2 Å². The van der Waals surface area contributed by atoms with E-state index in [1.54, 1.807) is 17.5 Å². The molecule has 0 aliphatic carbocycles. The number of fused-ring (bicyclic) bond motifs is 1. The van der Waals surface area contributed by atoms with E-state index in [-0.39, 0.29) is 5.91 Å². The molecular weight excluding hydrogens is 356 g/mol. The predicted molar refractivity (Wildman–Crippen MR) is 108 cm³/mol. The van der Waals surface area contributed by atoms with Crippen molar-refractivity contribution in [1.82, 2.24) is 19.9 Å². The highest BCUT2D eigenvalue weighted by Gasteiger charge is 2.13. The minimum atomic E-state index is 0.0347. The monoisotopic (exact) mass is 376 g/mol. The van der Waals surface area contributed by atoms with Crippen LogP contribution in [0, 0.1) is 0 Å². The van der Waals surface area contributed by atoms with Crippen molar-refractivity contribution in [2.75, 3.05) is 0 Å². The van der Waals surface area contributed by atoms with E-state index in [0.29, 0.717) is 25.9 Å². The fourth-order valence-electron chi connectivity index (χ4n) is 3.04. The van der Waals surface area contributed by atoms with Crippen LogP contribution in [0.3, 0.4) is 0 Å². The van der Waals surface area contributed by atoms with Gasteiger partial charge < -0.3 is 9.88 Å². The molecule has 1 N–H and O–H groups in total. The standard InChI is InChI=1S/C21H20N4OS/c26-20(23-13-17-10-12-27-15-17)9-8-19-24-18-7-4-11-22-21(18)25(19)14-16-5-2-1-3-6-16/h1-7,10-12,15H,8-9,13-14H2,(H,23,26). The minimum absolute atomic E-state index is 0.0347. The summed E-state index contributed by atoms with van der Waals surface area (Å²) < 4.78 is 2.11. The fourth-order valence-corrected chi connectivity index (χ4v) is 3.70. The normalized spacial score (nSPS) is 11.0. The molecule has 0 aliphatic rings. The average Bonchev–Trinajstić information content (AvgIpc) is 3.34. The van der Waals surface area contributed by atoms with Crippen molar-refractivity contribution in [3.8, 4) is 0 Å². The molecule has 3 aromatic heterocycles. The summed E-state index contributed by atoms with van der Waals surface area (Å²) in [5.41, 5.74) is 4.04. The smallest absolute Gasteiger partial charge is 0.220 e. The molecule has 1 aromatic carbocycles. The molecule has 0 unspecified atom stereocenters. The zero-order chi connectivity index (χ0) is 18.5. The number of pyridine rings is 1. The van der Waals surface area contributed by atoms with Gasteiger partial charge in [-0.15, -0.1) is 0 Å². The molecule has 0 saturated heterocycles. The van der Waals surface area contributed by atoms with Crippen LogP contribution >= 0.6 is 11.3 Å². The zero-order valence-corrected chi connectivity index (χ0v) is 15.7. The Balaban J connectivity index is 1.49. The van der Waals surface area contributed by atoms with Crippen LogP contribution in [0.4, 0.5) is 0 Å². The van der Waals surface area contributed by atoms with Gasteiger partial charge in [-0.25, -0.2) is 9.97 Å². The van der Waals surface area contributed by atoms with E-state index in [2.05, 4.69) is 27.0 Å². The number of thiophene rings is 1. The van der Waals surface area contributed by atoms with E-state index in [0.717, 1.165) is 22.6 Å². The van der Waals surface area contributed by atoms with Gasteiger partial charge in [0, 0.05) is 25.6 Å². The van der Waals surface area contributed by atoms with Gasteiger partial charge in [-0.3, -0.25) is 4.79 Å². The Morgan fingerprint density at radius 3 is 2.78 bits per heavy atom. The van der Waals surface area contributed by atoms with Gasteiger partial charge in [0.1, 0.15) is 11.3 Å². The van der Waals surface area contributed by atoms with Crippen molar-refractivity contribution in [1.29, 1.82) is 0 Å². The highest BCUT2D eigenvalue weighted by Crippen LogP contribution is 2.17. The molecule has 0 radical (unpaired) electrons. The van der Waals surface area contributed by atoms with Crippen LogP contribution in [0.1, 0.15) is 23.4 Å². The number of aromatic nitrogens is 3. The quantitative estimate of drug-likeness (QED) is 0.534. The molecule has 1 amide bonds. The largest absolute Gasteiger partial charge is 0.352 e. The first kappa shape index (κ1) is 17.4. The van der Waals surface area contributed by atoms with Crippen molar-refractivity contribution in [2.45, 2.75) is 25.9 Å². The summed E-state index contributed by atoms with van der Waals surface area (Å²) in [7, 11) is 0. The summed E-state index contributed by atoms with van der Waals surface area (Å²) in [6, 6.07) is 16.1. The van der Waals surface area contributed by atoms with Gasteiger partial charge in [0.2, 0.25) is 5.91 Å². The number of hydrogen-bond acceptors (Lipinski definition) is 4. The van der Waals surface area contributed by atoms with Gasteiger partial charge in [-0.1, -0.05) is 30.3 Å². The lowest BCUT2D eigenvalue weighted by atomic mass is 10.2. The van der Waals surface area contributed by atoms with Crippen LogP contribution < -0.4 is 5.32 Å². The molecule has 4 rings (SSSR count). The SMILES string of the molecule is O=C(CCc1nc2cccnc2n1Cc1ccccc1)NCc1ccsc1. The second kappa shape index (κ2) is 8.14. The van der Waals surface area contributed by atoms with Crippen molar-refractivity contribution in [2.24, 2.45) is 0 Å². The Labute approximate surface area is 161 Å². The van der Waals surface area contributed by atoms with Crippen LogP contribution in [0.5, 0.6) is 0 Å². The molecule has 0 atom stereocenters. The minimum Gasteiger partial charge on any atom is -0.352 e. The molecule has 6 heteroatoms. The van der Waals surface area contributed by atoms with Gasteiger partial charge in [-0.2, -0.15) is 11.3 Å². The molecule has 3 heterocycles. The van der Waals surface area contributed by atoms with Crippen LogP contribution in [0.2, 0.25) is 0 Å². The Morgan fingerprint density at radius 2 is 1.96 bits per heavy atom. The summed E-state index contributed by atoms with van der Waals surface area (Å²) in [6.07, 6.45) is 2.77. The van der Waals surface area contributed by atoms with Gasteiger partial charge in [-0.05, 0) is 40.1 Å². The number of amides is 1. The highest BCUT2D eigenvalue weighted by molar-refractivity contribution is 7.07. The molecule has 0 bridgehead atoms. The van der Waals surface area contributed by atoms with Crippen molar-refractivity contribution in [3.05, 3.63) is 82.4 Å². The molecule has 0 fully saturated rings. The van der Waals surface area contributed by atoms with E-state index in [1.165, 1.54) is 5.56 Å². The first-order valence-corrected chi connectivity index (χ1v) is 9.86. The maximum Gasteiger partial charge on any atom is 0.220 e. The number of imidazole rings is 1.